The summed E-state index contributed by atoms with van der Waals surface area (Å²) in [6, 6.07) is 29.7. The summed E-state index contributed by atoms with van der Waals surface area (Å²) >= 11 is 0. The Morgan fingerprint density at radius 2 is 0.866 bits per heavy atom. The van der Waals surface area contributed by atoms with Crippen LogP contribution in [0.4, 0.5) is 11.4 Å². The highest BCUT2D eigenvalue weighted by molar-refractivity contribution is 7.85. The molecule has 97 heavy (non-hydrogen) atoms. The maximum atomic E-state index is 12.1. The van der Waals surface area contributed by atoms with E-state index in [1.54, 1.807) is 50.1 Å². The van der Waals surface area contributed by atoms with E-state index >= 15 is 0 Å². The zero-order valence-corrected chi connectivity index (χ0v) is 64.8. The normalized spacial score (nSPS) is 21.7. The van der Waals surface area contributed by atoms with Gasteiger partial charge in [-0.05, 0) is 259 Å². The molecule has 0 amide bonds. The third kappa shape index (κ3) is 10.9. The Morgan fingerprint density at radius 3 is 1.29 bits per heavy atom. The number of benzene rings is 6. The molecule has 518 valence electrons. The lowest BCUT2D eigenvalue weighted by Crippen LogP contribution is -2.28. The van der Waals surface area contributed by atoms with Gasteiger partial charge >= 0.3 is 0 Å². The van der Waals surface area contributed by atoms with E-state index < -0.39 is 15.5 Å². The Labute approximate surface area is 587 Å². The summed E-state index contributed by atoms with van der Waals surface area (Å²) < 4.78 is 36.4. The molecule has 12 rings (SSSR count). The molecule has 0 saturated carbocycles. The summed E-state index contributed by atoms with van der Waals surface area (Å²) in [4.78, 5) is 2.64. The second-order valence-corrected chi connectivity index (χ2v) is 36.6. The van der Waals surface area contributed by atoms with E-state index in [0.29, 0.717) is 19.4 Å². The van der Waals surface area contributed by atoms with Gasteiger partial charge in [-0.1, -0.05) is 223 Å². The maximum absolute atomic E-state index is 12.1. The molecule has 2 heterocycles. The van der Waals surface area contributed by atoms with Crippen LogP contribution in [0.3, 0.4) is 0 Å². The van der Waals surface area contributed by atoms with Gasteiger partial charge in [-0.2, -0.15) is 13.0 Å². The van der Waals surface area contributed by atoms with Crippen molar-refractivity contribution in [3.05, 3.63) is 177 Å². The van der Waals surface area contributed by atoms with Gasteiger partial charge in [0.1, 0.15) is 6.54 Å². The zero-order valence-electron chi connectivity index (χ0n) is 64.0. The fourth-order valence-corrected chi connectivity index (χ4v) is 23.1. The number of nitrogens with zero attached hydrogens (tertiary/aromatic N) is 2. The minimum Gasteiger partial charge on any atom is -0.344 e. The lowest BCUT2D eigenvalue weighted by atomic mass is 9.71. The Hall–Kier alpha value is -5.82. The van der Waals surface area contributed by atoms with Gasteiger partial charge in [-0.25, -0.2) is 0 Å². The number of allylic oxidation sites excluding steroid dienone is 8. The van der Waals surface area contributed by atoms with Crippen LogP contribution < -0.4 is 4.90 Å². The SMILES string of the molecule is CCCCN1/C(=C/C=C/C=C/C=C/C2=[N+](CCCCS(=O)(=O)O)c3ccc4c(-c5c6c(cc7c5C(C)(C)CC7(CC)CC)C(CC)(CC)CC6(C)C)cccc4c3C2(C)C)C(C)(C)c2c1ccc1c(-c3c4c(cc5c3C(C)(C)CC5(CC)CC)C(CC)(CC)CC4(C)C)cccc21. The minimum absolute atomic E-state index is 0.00338. The molecule has 2 aliphatic heterocycles. The van der Waals surface area contributed by atoms with Crippen molar-refractivity contribution in [2.75, 3.05) is 23.7 Å². The Balaban J connectivity index is 0.918. The molecule has 0 bridgehead atoms. The Bertz CT molecular complexity index is 4300. The molecule has 6 aliphatic rings. The van der Waals surface area contributed by atoms with Gasteiger partial charge in [0.15, 0.2) is 5.71 Å². The average molecular weight is 1320 g/mol. The molecule has 6 aromatic rings. The van der Waals surface area contributed by atoms with Gasteiger partial charge in [0.05, 0.1) is 11.2 Å². The van der Waals surface area contributed by atoms with Crippen molar-refractivity contribution >= 4 is 48.7 Å². The number of hydrogen-bond acceptors (Lipinski definition) is 3. The predicted molar refractivity (Wildman–Crippen MR) is 418 cm³/mol. The third-order valence-corrected chi connectivity index (χ3v) is 28.0. The molecule has 0 atom stereocenters. The highest BCUT2D eigenvalue weighted by Gasteiger charge is 2.57. The van der Waals surface area contributed by atoms with E-state index in [0.717, 1.165) is 57.9 Å². The maximum Gasteiger partial charge on any atom is 0.264 e. The largest absolute Gasteiger partial charge is 0.344 e. The summed E-state index contributed by atoms with van der Waals surface area (Å²) in [5.74, 6) is -0.245. The first-order valence-corrected chi connectivity index (χ1v) is 40.0. The fraction of sp³-hybridized carbons (Fsp3) is 0.549. The van der Waals surface area contributed by atoms with E-state index in [9.17, 15) is 13.0 Å². The topological polar surface area (TPSA) is 60.6 Å². The minimum atomic E-state index is -4.08. The molecule has 6 aromatic carbocycles. The summed E-state index contributed by atoms with van der Waals surface area (Å²) in [5.41, 5.74) is 26.5. The molecule has 1 N–H and O–H groups in total. The number of anilines is 1. The molecule has 0 radical (unpaired) electrons. The molecule has 0 aromatic heterocycles. The Morgan fingerprint density at radius 1 is 0.454 bits per heavy atom. The first-order chi connectivity index (χ1) is 45.7. The van der Waals surface area contributed by atoms with Crippen molar-refractivity contribution in [1.29, 1.82) is 0 Å². The smallest absolute Gasteiger partial charge is 0.264 e. The monoisotopic (exact) mass is 1320 g/mol. The molecular formula is C91H121N2O3S+. The zero-order chi connectivity index (χ0) is 70.2. The average Bonchev–Trinajstić information content (AvgIpc) is 1.53. The lowest BCUT2D eigenvalue weighted by Gasteiger charge is -2.33. The van der Waals surface area contributed by atoms with Crippen molar-refractivity contribution in [2.24, 2.45) is 0 Å². The summed E-state index contributed by atoms with van der Waals surface area (Å²) in [7, 11) is -4.08. The number of unbranched alkanes of at least 4 members (excludes halogenated alkanes) is 2. The van der Waals surface area contributed by atoms with Crippen LogP contribution in [0, 0.1) is 0 Å². The summed E-state index contributed by atoms with van der Waals surface area (Å²) in [6.45, 7) is 53.5. The van der Waals surface area contributed by atoms with Gasteiger partial charge in [0, 0.05) is 47.5 Å². The van der Waals surface area contributed by atoms with Gasteiger partial charge in [0.25, 0.3) is 10.1 Å². The van der Waals surface area contributed by atoms with Crippen LogP contribution >= 0.6 is 0 Å². The summed E-state index contributed by atoms with van der Waals surface area (Å²) in [5, 5.41) is 5.34. The van der Waals surface area contributed by atoms with Crippen molar-refractivity contribution in [3.63, 3.8) is 0 Å². The van der Waals surface area contributed by atoms with E-state index in [1.807, 2.05) is 0 Å². The first kappa shape index (κ1) is 71.0. The van der Waals surface area contributed by atoms with Crippen LogP contribution in [0.25, 0.3) is 43.8 Å². The van der Waals surface area contributed by atoms with Gasteiger partial charge < -0.3 is 4.90 Å². The van der Waals surface area contributed by atoms with Crippen molar-refractivity contribution in [1.82, 2.24) is 0 Å². The quantitative estimate of drug-likeness (QED) is 0.0318. The number of fused-ring (bicyclic) bond motifs is 10. The standard InChI is InChI=1S/C91H120N2O3S/c1-22-31-51-92-70-49-47-60-62(74-78-66(88(23-2,24-3)56-82(78,10)11)54-67-79(74)83(12,13)57-89(67,25-4)26-5)41-39-43-64(60)76(70)86(18,19)72(92)45-35-33-32-34-36-46-73-87(20,21)77-65-44-40-42-63(61(65)48-50-71(77)93(73)52-37-38-53-97(94,95)96)75-80-68(90(27-6,28-7)58-84(80,14)15)55-69-81(75)85(16,17)59-91(69,29-8)30-9/h32-36,39-50,54-55H,22-31,37-38,51-53,56-59H2,1-21H3/p+1. The van der Waals surface area contributed by atoms with Gasteiger partial charge in [-0.15, -0.1) is 0 Å². The van der Waals surface area contributed by atoms with Crippen LogP contribution in [-0.4, -0.2) is 42.1 Å². The molecular weight excluding hydrogens is 1200 g/mol. The lowest BCUT2D eigenvalue weighted by molar-refractivity contribution is -0.438. The highest BCUT2D eigenvalue weighted by atomic mass is 32.2. The van der Waals surface area contributed by atoms with Gasteiger partial charge in [0.2, 0.25) is 5.69 Å². The molecule has 0 spiro atoms. The summed E-state index contributed by atoms with van der Waals surface area (Å²) in [6.07, 6.45) is 32.8. The van der Waals surface area contributed by atoms with Crippen LogP contribution in [0.15, 0.2) is 121 Å². The van der Waals surface area contributed by atoms with E-state index in [2.05, 4.69) is 270 Å². The predicted octanol–water partition coefficient (Wildman–Crippen LogP) is 24.5. The van der Waals surface area contributed by atoms with E-state index in [-0.39, 0.29) is 54.5 Å². The van der Waals surface area contributed by atoms with Crippen molar-refractivity contribution in [3.8, 4) is 22.3 Å². The van der Waals surface area contributed by atoms with Crippen LogP contribution in [0.2, 0.25) is 0 Å². The molecule has 5 nitrogen and oxygen atoms in total. The third-order valence-electron chi connectivity index (χ3n) is 27.2. The molecule has 4 aliphatic carbocycles. The second kappa shape index (κ2) is 24.8. The molecule has 0 saturated heterocycles. The molecule has 0 fully saturated rings. The van der Waals surface area contributed by atoms with Crippen molar-refractivity contribution in [2.45, 2.75) is 302 Å². The van der Waals surface area contributed by atoms with Crippen LogP contribution in [0.1, 0.15) is 304 Å². The second-order valence-electron chi connectivity index (χ2n) is 35.1. The van der Waals surface area contributed by atoms with Crippen molar-refractivity contribution < 1.29 is 17.5 Å². The molecule has 0 unspecified atom stereocenters. The highest BCUT2D eigenvalue weighted by Crippen LogP contribution is 2.67. The van der Waals surface area contributed by atoms with Crippen LogP contribution in [-0.2, 0) is 64.3 Å². The van der Waals surface area contributed by atoms with Gasteiger partial charge in [-0.3, -0.25) is 4.55 Å². The van der Waals surface area contributed by atoms with E-state index in [4.69, 9.17) is 0 Å². The molecule has 6 heteroatoms. The Kier molecular flexibility index (Phi) is 18.1. The number of rotatable bonds is 22. The van der Waals surface area contributed by atoms with Crippen LogP contribution in [0.5, 0.6) is 0 Å². The van der Waals surface area contributed by atoms with E-state index in [1.165, 1.54) is 111 Å². The number of hydrogen-bond donors (Lipinski definition) is 1. The first-order valence-electron chi connectivity index (χ1n) is 38.4. The fourth-order valence-electron chi connectivity index (χ4n) is 22.5.